The Labute approximate surface area is 101 Å². The van der Waals surface area contributed by atoms with Crippen molar-refractivity contribution < 1.29 is 14.6 Å². The minimum Gasteiger partial charge on any atom is -0.497 e. The number of aliphatic hydroxyl groups excluding tert-OH is 1. The quantitative estimate of drug-likeness (QED) is 0.770. The minimum atomic E-state index is -0.228. The predicted octanol–water partition coefficient (Wildman–Crippen LogP) is 0.838. The number of nitrogens with zero attached hydrogens (tertiary/aromatic N) is 1. The second kappa shape index (κ2) is 6.85. The molecule has 2 N–H and O–H groups in total. The number of hydrogen-bond donors (Lipinski definition) is 2. The number of ether oxygens (including phenoxy) is 1. The third-order valence-corrected chi connectivity index (χ3v) is 2.43. The van der Waals surface area contributed by atoms with Gasteiger partial charge in [0.2, 0.25) is 0 Å². The molecule has 0 saturated carbocycles. The van der Waals surface area contributed by atoms with E-state index in [1.165, 1.54) is 6.20 Å². The first-order valence-electron chi connectivity index (χ1n) is 5.56. The highest BCUT2D eigenvalue weighted by atomic mass is 16.5. The van der Waals surface area contributed by atoms with Crippen LogP contribution in [-0.2, 0) is 0 Å². The predicted molar refractivity (Wildman–Crippen MR) is 64.0 cm³/mol. The molecule has 0 spiro atoms. The Morgan fingerprint density at radius 2 is 2.41 bits per heavy atom. The summed E-state index contributed by atoms with van der Waals surface area (Å²) in [6.45, 7) is 2.63. The molecule has 1 aromatic rings. The molecule has 0 aromatic carbocycles. The first kappa shape index (κ1) is 13.4. The lowest BCUT2D eigenvalue weighted by atomic mass is 10.1. The second-order valence-electron chi connectivity index (χ2n) is 3.91. The van der Waals surface area contributed by atoms with Crippen LogP contribution in [0.5, 0.6) is 5.75 Å². The van der Waals surface area contributed by atoms with Crippen molar-refractivity contribution in [3.63, 3.8) is 0 Å². The van der Waals surface area contributed by atoms with E-state index in [0.717, 1.165) is 0 Å². The number of carbonyl (C=O) groups excluding carboxylic acids is 1. The van der Waals surface area contributed by atoms with E-state index in [1.54, 1.807) is 19.2 Å². The van der Waals surface area contributed by atoms with E-state index in [2.05, 4.69) is 10.3 Å². The number of nitrogens with one attached hydrogen (secondary N) is 1. The topological polar surface area (TPSA) is 71.5 Å². The van der Waals surface area contributed by atoms with Gasteiger partial charge in [-0.15, -0.1) is 0 Å². The van der Waals surface area contributed by atoms with Crippen molar-refractivity contribution in [1.29, 1.82) is 0 Å². The van der Waals surface area contributed by atoms with Crippen molar-refractivity contribution in [2.24, 2.45) is 5.92 Å². The third-order valence-electron chi connectivity index (χ3n) is 2.43. The number of rotatable bonds is 6. The lowest BCUT2D eigenvalue weighted by molar-refractivity contribution is 0.0940. The molecule has 0 bridgehead atoms. The van der Waals surface area contributed by atoms with Gasteiger partial charge in [-0.25, -0.2) is 0 Å². The molecule has 0 saturated heterocycles. The van der Waals surface area contributed by atoms with Crippen LogP contribution in [0.3, 0.4) is 0 Å². The standard InChI is InChI=1S/C12H18N2O3/c1-9(4-6-15)8-14-12(16)11-7-10(17-2)3-5-13-11/h3,5,7,9,15H,4,6,8H2,1-2H3,(H,14,16). The van der Waals surface area contributed by atoms with Gasteiger partial charge in [-0.1, -0.05) is 6.92 Å². The number of pyridine rings is 1. The summed E-state index contributed by atoms with van der Waals surface area (Å²) in [5, 5.41) is 11.5. The summed E-state index contributed by atoms with van der Waals surface area (Å²) in [7, 11) is 1.54. The normalized spacial score (nSPS) is 11.9. The average Bonchev–Trinajstić information content (AvgIpc) is 2.36. The molecule has 1 rings (SSSR count). The number of carbonyl (C=O) groups is 1. The summed E-state index contributed by atoms with van der Waals surface area (Å²) in [6.07, 6.45) is 2.21. The Morgan fingerprint density at radius 3 is 3.06 bits per heavy atom. The van der Waals surface area contributed by atoms with Crippen molar-refractivity contribution >= 4 is 5.91 Å². The van der Waals surface area contributed by atoms with E-state index in [4.69, 9.17) is 9.84 Å². The van der Waals surface area contributed by atoms with E-state index in [9.17, 15) is 4.79 Å². The summed E-state index contributed by atoms with van der Waals surface area (Å²) in [6, 6.07) is 3.28. The molecule has 1 atom stereocenters. The first-order chi connectivity index (χ1) is 8.17. The highest BCUT2D eigenvalue weighted by Crippen LogP contribution is 2.09. The largest absolute Gasteiger partial charge is 0.497 e. The molecule has 0 aliphatic rings. The fourth-order valence-corrected chi connectivity index (χ4v) is 1.34. The van der Waals surface area contributed by atoms with Crippen molar-refractivity contribution in [1.82, 2.24) is 10.3 Å². The third kappa shape index (κ3) is 4.40. The monoisotopic (exact) mass is 238 g/mol. The fraction of sp³-hybridized carbons (Fsp3) is 0.500. The summed E-state index contributed by atoms with van der Waals surface area (Å²) in [5.41, 5.74) is 0.334. The Kier molecular flexibility index (Phi) is 5.42. The van der Waals surface area contributed by atoms with E-state index < -0.39 is 0 Å². The summed E-state index contributed by atoms with van der Waals surface area (Å²) in [4.78, 5) is 15.7. The zero-order valence-electron chi connectivity index (χ0n) is 10.1. The Hall–Kier alpha value is -1.62. The average molecular weight is 238 g/mol. The lowest BCUT2D eigenvalue weighted by Crippen LogP contribution is -2.29. The number of amides is 1. The number of hydrogen-bond acceptors (Lipinski definition) is 4. The second-order valence-corrected chi connectivity index (χ2v) is 3.91. The lowest BCUT2D eigenvalue weighted by Gasteiger charge is -2.11. The fourth-order valence-electron chi connectivity index (χ4n) is 1.34. The molecule has 1 heterocycles. The van der Waals surface area contributed by atoms with Gasteiger partial charge in [0.05, 0.1) is 7.11 Å². The van der Waals surface area contributed by atoms with Gasteiger partial charge in [-0.05, 0) is 18.4 Å². The summed E-state index contributed by atoms with van der Waals surface area (Å²) in [5.74, 6) is 0.622. The molecule has 1 unspecified atom stereocenters. The van der Waals surface area contributed by atoms with Crippen LogP contribution >= 0.6 is 0 Å². The zero-order valence-corrected chi connectivity index (χ0v) is 10.1. The Bertz CT molecular complexity index is 369. The Balaban J connectivity index is 2.51. The van der Waals surface area contributed by atoms with Crippen LogP contribution in [0.2, 0.25) is 0 Å². The van der Waals surface area contributed by atoms with Crippen molar-refractivity contribution in [3.05, 3.63) is 24.0 Å². The number of aromatic nitrogens is 1. The van der Waals surface area contributed by atoms with Gasteiger partial charge in [0.25, 0.3) is 5.91 Å². The van der Waals surface area contributed by atoms with Gasteiger partial charge in [0.15, 0.2) is 0 Å². The van der Waals surface area contributed by atoms with Crippen molar-refractivity contribution in [2.75, 3.05) is 20.3 Å². The molecule has 5 heteroatoms. The molecular weight excluding hydrogens is 220 g/mol. The van der Waals surface area contributed by atoms with Crippen LogP contribution in [-0.4, -0.2) is 36.3 Å². The smallest absolute Gasteiger partial charge is 0.270 e. The van der Waals surface area contributed by atoms with Gasteiger partial charge in [0, 0.05) is 25.4 Å². The molecular formula is C12H18N2O3. The maximum Gasteiger partial charge on any atom is 0.270 e. The number of methoxy groups -OCH3 is 1. The molecule has 0 fully saturated rings. The van der Waals surface area contributed by atoms with Gasteiger partial charge in [-0.2, -0.15) is 0 Å². The first-order valence-corrected chi connectivity index (χ1v) is 5.56. The summed E-state index contributed by atoms with van der Waals surface area (Å²) < 4.78 is 5.02. The molecule has 5 nitrogen and oxygen atoms in total. The van der Waals surface area contributed by atoms with Crippen LogP contribution < -0.4 is 10.1 Å². The van der Waals surface area contributed by atoms with Gasteiger partial charge in [-0.3, -0.25) is 9.78 Å². The van der Waals surface area contributed by atoms with Crippen molar-refractivity contribution in [2.45, 2.75) is 13.3 Å². The summed E-state index contributed by atoms with van der Waals surface area (Å²) >= 11 is 0. The molecule has 0 radical (unpaired) electrons. The van der Waals surface area contributed by atoms with Crippen molar-refractivity contribution in [3.8, 4) is 5.75 Å². The zero-order chi connectivity index (χ0) is 12.7. The molecule has 1 aromatic heterocycles. The van der Waals surface area contributed by atoms with Gasteiger partial charge < -0.3 is 15.2 Å². The molecule has 0 aliphatic heterocycles. The maximum absolute atomic E-state index is 11.7. The van der Waals surface area contributed by atoms with E-state index in [1.807, 2.05) is 6.92 Å². The van der Waals surface area contributed by atoms with E-state index >= 15 is 0 Å². The number of aliphatic hydroxyl groups is 1. The highest BCUT2D eigenvalue weighted by molar-refractivity contribution is 5.92. The molecule has 0 aliphatic carbocycles. The van der Waals surface area contributed by atoms with E-state index in [-0.39, 0.29) is 18.4 Å². The van der Waals surface area contributed by atoms with Gasteiger partial charge in [0.1, 0.15) is 11.4 Å². The highest BCUT2D eigenvalue weighted by Gasteiger charge is 2.09. The van der Waals surface area contributed by atoms with Crippen LogP contribution in [0.4, 0.5) is 0 Å². The Morgan fingerprint density at radius 1 is 1.65 bits per heavy atom. The molecule has 94 valence electrons. The van der Waals surface area contributed by atoms with Crippen LogP contribution in [0, 0.1) is 5.92 Å². The van der Waals surface area contributed by atoms with E-state index in [0.29, 0.717) is 24.4 Å². The van der Waals surface area contributed by atoms with Crippen LogP contribution in [0.1, 0.15) is 23.8 Å². The van der Waals surface area contributed by atoms with Gasteiger partial charge >= 0.3 is 0 Å². The maximum atomic E-state index is 11.7. The van der Waals surface area contributed by atoms with Crippen LogP contribution in [0.15, 0.2) is 18.3 Å². The SMILES string of the molecule is COc1ccnc(C(=O)NCC(C)CCO)c1. The molecule has 17 heavy (non-hydrogen) atoms. The molecule has 1 amide bonds. The minimum absolute atomic E-state index is 0.133. The van der Waals surface area contributed by atoms with Crippen LogP contribution in [0.25, 0.3) is 0 Å².